The molecule has 0 atom stereocenters. The minimum absolute atomic E-state index is 0.0973. The molecule has 8 nitrogen and oxygen atoms in total. The van der Waals surface area contributed by atoms with Gasteiger partial charge in [-0.3, -0.25) is 9.48 Å². The van der Waals surface area contributed by atoms with E-state index >= 15 is 0 Å². The van der Waals surface area contributed by atoms with Crippen molar-refractivity contribution in [2.45, 2.75) is 25.8 Å². The number of hydrogen-bond donors (Lipinski definition) is 0. The normalized spacial score (nSPS) is 14.5. The SMILES string of the molecule is CCOC(=O)c1cc(-c2ccc(F)cc2)n(C2CCN(C(=O)C(=O)OC)CC2)n1. The van der Waals surface area contributed by atoms with Crippen LogP contribution in [0.2, 0.25) is 0 Å². The monoisotopic (exact) mass is 403 g/mol. The molecule has 9 heteroatoms. The van der Waals surface area contributed by atoms with Crippen molar-refractivity contribution in [2.24, 2.45) is 0 Å². The zero-order chi connectivity index (χ0) is 21.0. The third kappa shape index (κ3) is 4.44. The number of benzene rings is 1. The summed E-state index contributed by atoms with van der Waals surface area (Å²) < 4.78 is 24.6. The van der Waals surface area contributed by atoms with Gasteiger partial charge in [-0.25, -0.2) is 14.0 Å². The van der Waals surface area contributed by atoms with E-state index in [-0.39, 0.29) is 24.2 Å². The van der Waals surface area contributed by atoms with Crippen molar-refractivity contribution in [3.05, 3.63) is 41.8 Å². The fourth-order valence-corrected chi connectivity index (χ4v) is 3.34. The Morgan fingerprint density at radius 2 is 1.83 bits per heavy atom. The molecule has 1 saturated heterocycles. The summed E-state index contributed by atoms with van der Waals surface area (Å²) in [4.78, 5) is 37.1. The van der Waals surface area contributed by atoms with Crippen LogP contribution in [0.15, 0.2) is 30.3 Å². The lowest BCUT2D eigenvalue weighted by atomic mass is 10.0. The molecule has 1 aromatic carbocycles. The lowest BCUT2D eigenvalue weighted by Crippen LogP contribution is -2.43. The Kier molecular flexibility index (Phi) is 6.26. The van der Waals surface area contributed by atoms with Crippen molar-refractivity contribution in [3.8, 4) is 11.3 Å². The molecule has 2 heterocycles. The first kappa shape index (κ1) is 20.5. The summed E-state index contributed by atoms with van der Waals surface area (Å²) in [6, 6.07) is 7.45. The predicted octanol–water partition coefficient (Wildman–Crippen LogP) is 2.20. The number of halogens is 1. The Hall–Kier alpha value is -3.23. The zero-order valence-electron chi connectivity index (χ0n) is 16.3. The second-order valence-corrected chi connectivity index (χ2v) is 6.60. The van der Waals surface area contributed by atoms with Gasteiger partial charge in [0.2, 0.25) is 0 Å². The highest BCUT2D eigenvalue weighted by atomic mass is 19.1. The standard InChI is InChI=1S/C20H22FN3O5/c1-3-29-19(26)16-12-17(13-4-6-14(21)7-5-13)24(22-16)15-8-10-23(11-9-15)18(25)20(27)28-2/h4-7,12,15H,3,8-11H2,1-2H3. The van der Waals surface area contributed by atoms with Crippen LogP contribution < -0.4 is 0 Å². The number of ether oxygens (including phenoxy) is 2. The van der Waals surface area contributed by atoms with E-state index in [1.54, 1.807) is 29.8 Å². The summed E-state index contributed by atoms with van der Waals surface area (Å²) in [5, 5.41) is 4.43. The van der Waals surface area contributed by atoms with Crippen LogP contribution in [0.4, 0.5) is 4.39 Å². The molecule has 3 rings (SSSR count). The third-order valence-electron chi connectivity index (χ3n) is 4.82. The fraction of sp³-hybridized carbons (Fsp3) is 0.400. The molecule has 0 spiro atoms. The first-order valence-electron chi connectivity index (χ1n) is 9.34. The van der Waals surface area contributed by atoms with E-state index in [4.69, 9.17) is 4.74 Å². The van der Waals surface area contributed by atoms with Crippen LogP contribution in [0.5, 0.6) is 0 Å². The quantitative estimate of drug-likeness (QED) is 0.574. The molecular formula is C20H22FN3O5. The number of nitrogens with zero attached hydrogens (tertiary/aromatic N) is 3. The number of piperidine rings is 1. The topological polar surface area (TPSA) is 90.7 Å². The minimum Gasteiger partial charge on any atom is -0.462 e. The fourth-order valence-electron chi connectivity index (χ4n) is 3.34. The smallest absolute Gasteiger partial charge is 0.396 e. The first-order valence-corrected chi connectivity index (χ1v) is 9.34. The van der Waals surface area contributed by atoms with Gasteiger partial charge in [-0.1, -0.05) is 0 Å². The van der Waals surface area contributed by atoms with E-state index in [0.717, 1.165) is 0 Å². The average molecular weight is 403 g/mol. The zero-order valence-corrected chi connectivity index (χ0v) is 16.3. The van der Waals surface area contributed by atoms with Crippen LogP contribution in [0.3, 0.4) is 0 Å². The summed E-state index contributed by atoms with van der Waals surface area (Å²) in [5.41, 5.74) is 1.53. The number of esters is 2. The van der Waals surface area contributed by atoms with Crippen LogP contribution in [0.1, 0.15) is 36.3 Å². The van der Waals surface area contributed by atoms with Crippen LogP contribution in [0.25, 0.3) is 11.3 Å². The Morgan fingerprint density at radius 1 is 1.17 bits per heavy atom. The molecule has 2 aromatic rings. The van der Waals surface area contributed by atoms with Crippen molar-refractivity contribution in [1.82, 2.24) is 14.7 Å². The van der Waals surface area contributed by atoms with E-state index in [0.29, 0.717) is 37.2 Å². The van der Waals surface area contributed by atoms with Crippen molar-refractivity contribution in [1.29, 1.82) is 0 Å². The van der Waals surface area contributed by atoms with Gasteiger partial charge in [0.1, 0.15) is 5.82 Å². The van der Waals surface area contributed by atoms with Crippen molar-refractivity contribution in [2.75, 3.05) is 26.8 Å². The summed E-state index contributed by atoms with van der Waals surface area (Å²) in [6.07, 6.45) is 1.09. The third-order valence-corrected chi connectivity index (χ3v) is 4.82. The van der Waals surface area contributed by atoms with Gasteiger partial charge in [-0.2, -0.15) is 5.10 Å². The van der Waals surface area contributed by atoms with Gasteiger partial charge in [-0.05, 0) is 50.1 Å². The molecular weight excluding hydrogens is 381 g/mol. The minimum atomic E-state index is -0.890. The molecule has 0 radical (unpaired) electrons. The van der Waals surface area contributed by atoms with Crippen LogP contribution in [-0.2, 0) is 19.1 Å². The summed E-state index contributed by atoms with van der Waals surface area (Å²) in [5.74, 6) is -2.45. The number of likely N-dealkylation sites (tertiary alicyclic amines) is 1. The highest BCUT2D eigenvalue weighted by molar-refractivity contribution is 6.32. The number of methoxy groups -OCH3 is 1. The van der Waals surface area contributed by atoms with Crippen LogP contribution in [-0.4, -0.2) is 59.3 Å². The summed E-state index contributed by atoms with van der Waals surface area (Å²) in [7, 11) is 1.17. The molecule has 0 aliphatic carbocycles. The number of aromatic nitrogens is 2. The number of carbonyl (C=O) groups is 3. The Balaban J connectivity index is 1.86. The number of carbonyl (C=O) groups excluding carboxylic acids is 3. The summed E-state index contributed by atoms with van der Waals surface area (Å²) >= 11 is 0. The molecule has 29 heavy (non-hydrogen) atoms. The highest BCUT2D eigenvalue weighted by Gasteiger charge is 2.30. The van der Waals surface area contributed by atoms with E-state index < -0.39 is 17.8 Å². The summed E-state index contributed by atoms with van der Waals surface area (Å²) in [6.45, 7) is 2.65. The second kappa shape index (κ2) is 8.85. The molecule has 1 aliphatic rings. The van der Waals surface area contributed by atoms with E-state index in [9.17, 15) is 18.8 Å². The maximum Gasteiger partial charge on any atom is 0.396 e. The highest BCUT2D eigenvalue weighted by Crippen LogP contribution is 2.30. The molecule has 1 aliphatic heterocycles. The molecule has 0 N–H and O–H groups in total. The second-order valence-electron chi connectivity index (χ2n) is 6.60. The van der Waals surface area contributed by atoms with Crippen LogP contribution >= 0.6 is 0 Å². The molecule has 1 fully saturated rings. The maximum absolute atomic E-state index is 13.3. The van der Waals surface area contributed by atoms with Gasteiger partial charge in [0, 0.05) is 18.7 Å². The Morgan fingerprint density at radius 3 is 2.41 bits per heavy atom. The molecule has 1 amide bonds. The lowest BCUT2D eigenvalue weighted by molar-refractivity contribution is -0.158. The first-order chi connectivity index (χ1) is 13.9. The maximum atomic E-state index is 13.3. The van der Waals surface area contributed by atoms with Gasteiger partial charge < -0.3 is 14.4 Å². The number of amides is 1. The number of rotatable bonds is 4. The van der Waals surface area contributed by atoms with Crippen molar-refractivity contribution in [3.63, 3.8) is 0 Å². The molecule has 0 bridgehead atoms. The van der Waals surface area contributed by atoms with Crippen molar-refractivity contribution >= 4 is 17.8 Å². The number of hydrogen-bond acceptors (Lipinski definition) is 6. The molecule has 0 saturated carbocycles. The van der Waals surface area contributed by atoms with Gasteiger partial charge in [0.05, 0.1) is 25.5 Å². The van der Waals surface area contributed by atoms with Gasteiger partial charge >= 0.3 is 17.8 Å². The lowest BCUT2D eigenvalue weighted by Gasteiger charge is -2.32. The van der Waals surface area contributed by atoms with Gasteiger partial charge in [-0.15, -0.1) is 0 Å². The average Bonchev–Trinajstić information content (AvgIpc) is 3.19. The molecule has 1 aromatic heterocycles. The van der Waals surface area contributed by atoms with E-state index in [1.807, 2.05) is 0 Å². The largest absolute Gasteiger partial charge is 0.462 e. The molecule has 154 valence electrons. The van der Waals surface area contributed by atoms with Crippen molar-refractivity contribution < 1.29 is 28.2 Å². The predicted molar refractivity (Wildman–Crippen MR) is 100 cm³/mol. The van der Waals surface area contributed by atoms with Gasteiger partial charge in [0.15, 0.2) is 5.69 Å². The Bertz CT molecular complexity index is 901. The van der Waals surface area contributed by atoms with E-state index in [1.165, 1.54) is 24.1 Å². The van der Waals surface area contributed by atoms with Gasteiger partial charge in [0.25, 0.3) is 0 Å². The Labute approximate surface area is 167 Å². The molecule has 0 unspecified atom stereocenters. The van der Waals surface area contributed by atoms with E-state index in [2.05, 4.69) is 9.84 Å². The van der Waals surface area contributed by atoms with Crippen LogP contribution in [0, 0.1) is 5.82 Å².